The van der Waals surface area contributed by atoms with Gasteiger partial charge in [-0.3, -0.25) is 0 Å². The molecule has 7 nitrogen and oxygen atoms in total. The fourth-order valence-electron chi connectivity index (χ4n) is 2.36. The molecule has 3 rings (SSSR count). The highest BCUT2D eigenvalue weighted by molar-refractivity contribution is 7.99. The second-order valence-electron chi connectivity index (χ2n) is 5.15. The summed E-state index contributed by atoms with van der Waals surface area (Å²) >= 11 is 1.46. The SMILES string of the molecule is COc1nc(N2CCOCC2)nc(OC)c1Sc1cccc(N)c1. The third-order valence-electron chi connectivity index (χ3n) is 3.55. The predicted molar refractivity (Wildman–Crippen MR) is 93.1 cm³/mol. The van der Waals surface area contributed by atoms with Crippen molar-refractivity contribution >= 4 is 23.4 Å². The molecular formula is C16H20N4O3S. The maximum absolute atomic E-state index is 5.85. The van der Waals surface area contributed by atoms with E-state index in [0.29, 0.717) is 36.6 Å². The van der Waals surface area contributed by atoms with Crippen molar-refractivity contribution in [2.75, 3.05) is 51.2 Å². The Morgan fingerprint density at radius 1 is 1.12 bits per heavy atom. The number of anilines is 2. The van der Waals surface area contributed by atoms with Gasteiger partial charge in [-0.1, -0.05) is 17.8 Å². The number of nitrogen functional groups attached to an aromatic ring is 1. The minimum Gasteiger partial charge on any atom is -0.480 e. The van der Waals surface area contributed by atoms with Crippen LogP contribution in [0.15, 0.2) is 34.1 Å². The number of methoxy groups -OCH3 is 2. The van der Waals surface area contributed by atoms with Crippen molar-refractivity contribution in [3.63, 3.8) is 0 Å². The highest BCUT2D eigenvalue weighted by Gasteiger charge is 2.22. The molecule has 1 aromatic carbocycles. The second-order valence-corrected chi connectivity index (χ2v) is 6.23. The molecule has 2 heterocycles. The van der Waals surface area contributed by atoms with Crippen LogP contribution in [-0.2, 0) is 4.74 Å². The first-order valence-electron chi connectivity index (χ1n) is 7.57. The molecule has 1 aliphatic rings. The summed E-state index contributed by atoms with van der Waals surface area (Å²) in [7, 11) is 3.18. The Balaban J connectivity index is 1.95. The van der Waals surface area contributed by atoms with E-state index in [4.69, 9.17) is 19.9 Å². The monoisotopic (exact) mass is 348 g/mol. The van der Waals surface area contributed by atoms with Crippen molar-refractivity contribution in [1.29, 1.82) is 0 Å². The summed E-state index contributed by atoms with van der Waals surface area (Å²) in [6.45, 7) is 2.81. The van der Waals surface area contributed by atoms with E-state index in [1.807, 2.05) is 24.3 Å². The summed E-state index contributed by atoms with van der Waals surface area (Å²) in [5.41, 5.74) is 6.55. The Morgan fingerprint density at radius 3 is 2.38 bits per heavy atom. The van der Waals surface area contributed by atoms with Crippen LogP contribution in [0.1, 0.15) is 0 Å². The van der Waals surface area contributed by atoms with Crippen molar-refractivity contribution < 1.29 is 14.2 Å². The molecule has 128 valence electrons. The van der Waals surface area contributed by atoms with Crippen LogP contribution < -0.4 is 20.1 Å². The van der Waals surface area contributed by atoms with Gasteiger partial charge in [0, 0.05) is 23.7 Å². The molecule has 0 bridgehead atoms. The molecule has 8 heteroatoms. The lowest BCUT2D eigenvalue weighted by molar-refractivity contribution is 0.122. The minimum atomic E-state index is 0.482. The number of nitrogens with two attached hydrogens (primary N) is 1. The van der Waals surface area contributed by atoms with Gasteiger partial charge in [-0.25, -0.2) is 0 Å². The molecule has 0 aliphatic carbocycles. The van der Waals surface area contributed by atoms with E-state index < -0.39 is 0 Å². The van der Waals surface area contributed by atoms with E-state index in [2.05, 4.69) is 14.9 Å². The van der Waals surface area contributed by atoms with Crippen molar-refractivity contribution in [2.45, 2.75) is 9.79 Å². The van der Waals surface area contributed by atoms with Crippen LogP contribution in [0.3, 0.4) is 0 Å². The number of morpholine rings is 1. The molecule has 1 saturated heterocycles. The fraction of sp³-hybridized carbons (Fsp3) is 0.375. The maximum Gasteiger partial charge on any atom is 0.236 e. The fourth-order valence-corrected chi connectivity index (χ4v) is 3.37. The van der Waals surface area contributed by atoms with Gasteiger partial charge in [0.2, 0.25) is 17.7 Å². The third kappa shape index (κ3) is 3.65. The summed E-state index contributed by atoms with van der Waals surface area (Å²) in [5.74, 6) is 1.55. The summed E-state index contributed by atoms with van der Waals surface area (Å²) in [4.78, 5) is 12.8. The van der Waals surface area contributed by atoms with Crippen LogP contribution in [0.4, 0.5) is 11.6 Å². The Morgan fingerprint density at radius 2 is 1.79 bits per heavy atom. The first kappa shape index (κ1) is 16.7. The van der Waals surface area contributed by atoms with Crippen LogP contribution in [-0.4, -0.2) is 50.5 Å². The summed E-state index contributed by atoms with van der Waals surface area (Å²) in [6, 6.07) is 7.60. The first-order chi connectivity index (χ1) is 11.7. The van der Waals surface area contributed by atoms with Gasteiger partial charge in [0.1, 0.15) is 4.90 Å². The standard InChI is InChI=1S/C16H20N4O3S/c1-21-14-13(24-12-5-3-4-11(17)10-12)15(22-2)19-16(18-14)20-6-8-23-9-7-20/h3-5,10H,6-9,17H2,1-2H3. The van der Waals surface area contributed by atoms with E-state index in [-0.39, 0.29) is 0 Å². The smallest absolute Gasteiger partial charge is 0.236 e. The number of hydrogen-bond acceptors (Lipinski definition) is 8. The summed E-state index contributed by atoms with van der Waals surface area (Å²) in [5, 5.41) is 0. The van der Waals surface area contributed by atoms with Gasteiger partial charge in [-0.2, -0.15) is 9.97 Å². The maximum atomic E-state index is 5.85. The number of ether oxygens (including phenoxy) is 3. The topological polar surface area (TPSA) is 82.7 Å². The van der Waals surface area contributed by atoms with Crippen molar-refractivity contribution in [3.05, 3.63) is 24.3 Å². The number of aromatic nitrogens is 2. The van der Waals surface area contributed by atoms with E-state index in [1.165, 1.54) is 11.8 Å². The highest BCUT2D eigenvalue weighted by Crippen LogP contribution is 2.41. The van der Waals surface area contributed by atoms with E-state index in [0.717, 1.165) is 22.9 Å². The summed E-state index contributed by atoms with van der Waals surface area (Å²) < 4.78 is 16.3. The number of benzene rings is 1. The Labute approximate surface area is 145 Å². The Hall–Kier alpha value is -2.19. The van der Waals surface area contributed by atoms with Gasteiger partial charge in [-0.15, -0.1) is 0 Å². The lowest BCUT2D eigenvalue weighted by Crippen LogP contribution is -2.37. The molecule has 0 saturated carbocycles. The molecule has 0 atom stereocenters. The molecule has 1 aliphatic heterocycles. The van der Waals surface area contributed by atoms with Crippen LogP contribution >= 0.6 is 11.8 Å². The molecule has 1 aromatic heterocycles. The Kier molecular flexibility index (Phi) is 5.27. The molecule has 0 radical (unpaired) electrons. The van der Waals surface area contributed by atoms with Crippen LogP contribution in [0.25, 0.3) is 0 Å². The molecule has 2 aromatic rings. The van der Waals surface area contributed by atoms with Crippen molar-refractivity contribution in [3.8, 4) is 11.8 Å². The Bertz CT molecular complexity index is 682. The van der Waals surface area contributed by atoms with Gasteiger partial charge in [0.25, 0.3) is 0 Å². The molecule has 1 fully saturated rings. The third-order valence-corrected chi connectivity index (χ3v) is 4.59. The highest BCUT2D eigenvalue weighted by atomic mass is 32.2. The van der Waals surface area contributed by atoms with E-state index >= 15 is 0 Å². The lowest BCUT2D eigenvalue weighted by atomic mass is 10.3. The van der Waals surface area contributed by atoms with Gasteiger partial charge < -0.3 is 24.8 Å². The number of nitrogens with zero attached hydrogens (tertiary/aromatic N) is 3. The number of rotatable bonds is 5. The molecular weight excluding hydrogens is 328 g/mol. The second kappa shape index (κ2) is 7.59. The average molecular weight is 348 g/mol. The zero-order valence-corrected chi connectivity index (χ0v) is 14.5. The normalized spacial score (nSPS) is 14.5. The van der Waals surface area contributed by atoms with Crippen molar-refractivity contribution in [1.82, 2.24) is 9.97 Å². The van der Waals surface area contributed by atoms with E-state index in [1.54, 1.807) is 14.2 Å². The quantitative estimate of drug-likeness (QED) is 0.822. The van der Waals surface area contributed by atoms with Gasteiger partial charge in [0.15, 0.2) is 0 Å². The molecule has 0 spiro atoms. The van der Waals surface area contributed by atoms with E-state index in [9.17, 15) is 0 Å². The van der Waals surface area contributed by atoms with Gasteiger partial charge in [-0.05, 0) is 18.2 Å². The van der Waals surface area contributed by atoms with Crippen LogP contribution in [0.5, 0.6) is 11.8 Å². The summed E-state index contributed by atoms with van der Waals surface area (Å²) in [6.07, 6.45) is 0. The zero-order chi connectivity index (χ0) is 16.9. The van der Waals surface area contributed by atoms with Crippen molar-refractivity contribution in [2.24, 2.45) is 0 Å². The first-order valence-corrected chi connectivity index (χ1v) is 8.39. The lowest BCUT2D eigenvalue weighted by Gasteiger charge is -2.27. The van der Waals surface area contributed by atoms with Gasteiger partial charge >= 0.3 is 0 Å². The predicted octanol–water partition coefficient (Wildman–Crippen LogP) is 2.06. The molecule has 0 unspecified atom stereocenters. The van der Waals surface area contributed by atoms with Crippen LogP contribution in [0, 0.1) is 0 Å². The largest absolute Gasteiger partial charge is 0.480 e. The molecule has 0 amide bonds. The zero-order valence-electron chi connectivity index (χ0n) is 13.7. The number of hydrogen-bond donors (Lipinski definition) is 1. The molecule has 2 N–H and O–H groups in total. The van der Waals surface area contributed by atoms with Gasteiger partial charge in [0.05, 0.1) is 27.4 Å². The molecule has 24 heavy (non-hydrogen) atoms. The minimum absolute atomic E-state index is 0.482. The van der Waals surface area contributed by atoms with Crippen LogP contribution in [0.2, 0.25) is 0 Å². The average Bonchev–Trinajstić information content (AvgIpc) is 2.62.